The number of aromatic nitrogens is 2. The van der Waals surface area contributed by atoms with Crippen molar-refractivity contribution in [3.8, 4) is 0 Å². The Morgan fingerprint density at radius 1 is 1.35 bits per heavy atom. The molecule has 1 saturated heterocycles. The lowest BCUT2D eigenvalue weighted by Gasteiger charge is -2.35. The van der Waals surface area contributed by atoms with Gasteiger partial charge in [-0.1, -0.05) is 13.8 Å². The van der Waals surface area contributed by atoms with Gasteiger partial charge in [-0.3, -0.25) is 14.2 Å². The van der Waals surface area contributed by atoms with E-state index in [1.807, 2.05) is 4.90 Å². The Hall–Kier alpha value is -1.69. The average molecular weight is 374 g/mol. The van der Waals surface area contributed by atoms with Gasteiger partial charge in [-0.25, -0.2) is 4.98 Å². The van der Waals surface area contributed by atoms with Crippen LogP contribution in [-0.4, -0.2) is 32.9 Å². The lowest BCUT2D eigenvalue weighted by molar-refractivity contribution is -0.135. The zero-order chi connectivity index (χ0) is 18.3. The molecule has 0 N–H and O–H groups in total. The number of piperidine rings is 1. The van der Waals surface area contributed by atoms with Gasteiger partial charge in [-0.2, -0.15) is 0 Å². The normalized spacial score (nSPS) is 23.2. The molecule has 3 heterocycles. The van der Waals surface area contributed by atoms with Crippen molar-refractivity contribution in [2.24, 2.45) is 5.92 Å². The highest BCUT2D eigenvalue weighted by Crippen LogP contribution is 2.35. The second-order valence-corrected chi connectivity index (χ2v) is 8.94. The molecule has 1 aliphatic heterocycles. The molecule has 2 atom stereocenters. The number of amides is 1. The molecule has 0 unspecified atom stereocenters. The Balaban J connectivity index is 1.64. The van der Waals surface area contributed by atoms with Gasteiger partial charge in [-0.05, 0) is 56.4 Å². The van der Waals surface area contributed by atoms with Crippen LogP contribution in [0, 0.1) is 5.92 Å². The van der Waals surface area contributed by atoms with Crippen LogP contribution >= 0.6 is 11.3 Å². The van der Waals surface area contributed by atoms with E-state index in [-0.39, 0.29) is 18.0 Å². The number of fused-ring (bicyclic) bond motifs is 3. The van der Waals surface area contributed by atoms with Crippen LogP contribution < -0.4 is 5.56 Å². The molecule has 5 nitrogen and oxygen atoms in total. The fourth-order valence-electron chi connectivity index (χ4n) is 4.47. The number of rotatable bonds is 3. The molecule has 140 valence electrons. The van der Waals surface area contributed by atoms with Gasteiger partial charge in [0.05, 0.1) is 11.7 Å². The summed E-state index contributed by atoms with van der Waals surface area (Å²) in [5.41, 5.74) is 1.15. The molecule has 0 saturated carbocycles. The lowest BCUT2D eigenvalue weighted by Crippen LogP contribution is -2.45. The largest absolute Gasteiger partial charge is 0.338 e. The fourth-order valence-corrected chi connectivity index (χ4v) is 5.81. The van der Waals surface area contributed by atoms with Gasteiger partial charge in [0.15, 0.2) is 0 Å². The first kappa shape index (κ1) is 17.7. The molecule has 1 amide bonds. The Kier molecular flexibility index (Phi) is 4.86. The lowest BCUT2D eigenvalue weighted by atomic mass is 9.89. The van der Waals surface area contributed by atoms with Crippen LogP contribution in [-0.2, 0) is 24.2 Å². The third kappa shape index (κ3) is 3.08. The van der Waals surface area contributed by atoms with Crippen LogP contribution in [0.25, 0.3) is 10.2 Å². The highest BCUT2D eigenvalue weighted by molar-refractivity contribution is 7.18. The number of likely N-dealkylation sites (tertiary alicyclic amines) is 1. The minimum atomic E-state index is -0.0412. The monoisotopic (exact) mass is 373 g/mol. The molecule has 1 fully saturated rings. The van der Waals surface area contributed by atoms with Gasteiger partial charge in [0.25, 0.3) is 5.56 Å². The summed E-state index contributed by atoms with van der Waals surface area (Å²) in [5, 5.41) is 0.762. The number of thiophene rings is 1. The van der Waals surface area contributed by atoms with Crippen LogP contribution in [0.1, 0.15) is 56.4 Å². The number of carbonyl (C=O) groups excluding carboxylic acids is 1. The molecule has 0 aromatic carbocycles. The molecule has 1 aliphatic carbocycles. The zero-order valence-electron chi connectivity index (χ0n) is 15.7. The molecule has 0 spiro atoms. The number of aryl methyl sites for hydroxylation is 1. The van der Waals surface area contributed by atoms with Crippen LogP contribution in [0.2, 0.25) is 0 Å². The maximum atomic E-state index is 13.1. The highest BCUT2D eigenvalue weighted by atomic mass is 32.1. The summed E-state index contributed by atoms with van der Waals surface area (Å²) in [4.78, 5) is 34.6. The van der Waals surface area contributed by atoms with Crippen LogP contribution in [0.15, 0.2) is 11.1 Å². The van der Waals surface area contributed by atoms with Crippen LogP contribution in [0.5, 0.6) is 0 Å². The van der Waals surface area contributed by atoms with Gasteiger partial charge in [0.1, 0.15) is 11.4 Å². The van der Waals surface area contributed by atoms with E-state index in [4.69, 9.17) is 0 Å². The van der Waals surface area contributed by atoms with E-state index >= 15 is 0 Å². The van der Waals surface area contributed by atoms with Crippen LogP contribution in [0.3, 0.4) is 0 Å². The van der Waals surface area contributed by atoms with Gasteiger partial charge < -0.3 is 4.90 Å². The Bertz CT molecular complexity index is 885. The maximum Gasteiger partial charge on any atom is 0.262 e. The third-order valence-electron chi connectivity index (χ3n) is 6.01. The predicted octanol–water partition coefficient (Wildman–Crippen LogP) is 3.37. The van der Waals surface area contributed by atoms with Crippen molar-refractivity contribution >= 4 is 27.5 Å². The summed E-state index contributed by atoms with van der Waals surface area (Å²) >= 11 is 1.66. The predicted molar refractivity (Wildman–Crippen MR) is 105 cm³/mol. The number of hydrogen-bond donors (Lipinski definition) is 0. The van der Waals surface area contributed by atoms with Crippen molar-refractivity contribution in [1.82, 2.24) is 14.5 Å². The van der Waals surface area contributed by atoms with E-state index < -0.39 is 0 Å². The molecule has 6 heteroatoms. The van der Waals surface area contributed by atoms with Crippen molar-refractivity contribution in [3.63, 3.8) is 0 Å². The minimum absolute atomic E-state index is 0.0412. The average Bonchev–Trinajstić information content (AvgIpc) is 3.02. The second kappa shape index (κ2) is 7.14. The van der Waals surface area contributed by atoms with Gasteiger partial charge in [0, 0.05) is 17.5 Å². The van der Waals surface area contributed by atoms with Crippen molar-refractivity contribution < 1.29 is 4.79 Å². The number of nitrogens with zero attached hydrogens (tertiary/aromatic N) is 3. The molecule has 26 heavy (non-hydrogen) atoms. The smallest absolute Gasteiger partial charge is 0.262 e. The van der Waals surface area contributed by atoms with E-state index in [0.717, 1.165) is 55.3 Å². The molecule has 2 aromatic rings. The van der Waals surface area contributed by atoms with Gasteiger partial charge in [0.2, 0.25) is 5.91 Å². The third-order valence-corrected chi connectivity index (χ3v) is 7.17. The molecule has 0 bridgehead atoms. The molecular weight excluding hydrogens is 346 g/mol. The first-order valence-electron chi connectivity index (χ1n) is 9.87. The first-order valence-corrected chi connectivity index (χ1v) is 10.7. The Morgan fingerprint density at radius 3 is 3.00 bits per heavy atom. The summed E-state index contributed by atoms with van der Waals surface area (Å²) in [6.07, 6.45) is 8.99. The van der Waals surface area contributed by atoms with Crippen molar-refractivity contribution in [2.75, 3.05) is 6.54 Å². The summed E-state index contributed by atoms with van der Waals surface area (Å²) in [6.45, 7) is 5.32. The van der Waals surface area contributed by atoms with Crippen LogP contribution in [0.4, 0.5) is 0 Å². The van der Waals surface area contributed by atoms with E-state index in [9.17, 15) is 9.59 Å². The summed E-state index contributed by atoms with van der Waals surface area (Å²) in [6, 6.07) is 0.319. The van der Waals surface area contributed by atoms with Gasteiger partial charge in [-0.15, -0.1) is 11.3 Å². The summed E-state index contributed by atoms with van der Waals surface area (Å²) in [5.74, 6) is 0.724. The fraction of sp³-hybridized carbons (Fsp3) is 0.650. The van der Waals surface area contributed by atoms with Gasteiger partial charge >= 0.3 is 0 Å². The molecular formula is C20H27N3O2S. The quantitative estimate of drug-likeness (QED) is 0.829. The van der Waals surface area contributed by atoms with E-state index in [1.54, 1.807) is 17.7 Å². The first-order chi connectivity index (χ1) is 12.6. The maximum absolute atomic E-state index is 13.1. The molecule has 2 aromatic heterocycles. The van der Waals surface area contributed by atoms with E-state index in [2.05, 4.69) is 18.8 Å². The topological polar surface area (TPSA) is 55.2 Å². The molecule has 2 aliphatic rings. The minimum Gasteiger partial charge on any atom is -0.338 e. The SMILES string of the molecule is CC[C@@H]1CCCCN1C(=O)Cn1cnc2sc3c(c2c1=O)CC[C@@H](C)C3. The summed E-state index contributed by atoms with van der Waals surface area (Å²) < 4.78 is 1.52. The standard InChI is InChI=1S/C20H27N3O2S/c1-3-14-6-4-5-9-23(14)17(24)11-22-12-21-19-18(20(22)25)15-8-7-13(2)10-16(15)26-19/h12-14H,3-11H2,1-2H3/t13-,14-/m1/s1. The Labute approximate surface area is 158 Å². The van der Waals surface area contributed by atoms with E-state index in [1.165, 1.54) is 21.4 Å². The van der Waals surface area contributed by atoms with Crippen molar-refractivity contribution in [3.05, 3.63) is 27.1 Å². The number of hydrogen-bond acceptors (Lipinski definition) is 4. The zero-order valence-corrected chi connectivity index (χ0v) is 16.5. The number of carbonyl (C=O) groups is 1. The highest BCUT2D eigenvalue weighted by Gasteiger charge is 2.27. The molecule has 0 radical (unpaired) electrons. The van der Waals surface area contributed by atoms with E-state index in [0.29, 0.717) is 12.0 Å². The Morgan fingerprint density at radius 2 is 2.19 bits per heavy atom. The van der Waals surface area contributed by atoms with Crippen molar-refractivity contribution in [2.45, 2.75) is 71.4 Å². The second-order valence-electron chi connectivity index (χ2n) is 7.85. The summed E-state index contributed by atoms with van der Waals surface area (Å²) in [7, 11) is 0. The molecule has 4 rings (SSSR count). The van der Waals surface area contributed by atoms with Crippen molar-refractivity contribution in [1.29, 1.82) is 0 Å².